The number of amides is 2. The molecule has 1 N–H and O–H groups in total. The fourth-order valence-corrected chi connectivity index (χ4v) is 10.9. The van der Waals surface area contributed by atoms with E-state index in [9.17, 15) is 13.8 Å². The molecule has 1 unspecified atom stereocenters. The number of carbonyl (C=O) groups is 2. The van der Waals surface area contributed by atoms with Crippen molar-refractivity contribution in [3.8, 4) is 5.75 Å². The Bertz CT molecular complexity index is 1820. The van der Waals surface area contributed by atoms with Gasteiger partial charge in [0.05, 0.1) is 29.8 Å². The van der Waals surface area contributed by atoms with Crippen LogP contribution in [-0.2, 0) is 40.8 Å². The first kappa shape index (κ1) is 37.4. The van der Waals surface area contributed by atoms with Crippen LogP contribution in [0.3, 0.4) is 0 Å². The number of ether oxygens (including phenoxy) is 4. The third kappa shape index (κ3) is 8.09. The van der Waals surface area contributed by atoms with Crippen molar-refractivity contribution < 1.29 is 32.7 Å². The highest BCUT2D eigenvalue weighted by Crippen LogP contribution is 2.47. The molecular weight excluding hydrogens is 702 g/mol. The molecule has 0 radical (unpaired) electrons. The summed E-state index contributed by atoms with van der Waals surface area (Å²) in [4.78, 5) is 29.6. The summed E-state index contributed by atoms with van der Waals surface area (Å²) < 4.78 is 45.6. The maximum absolute atomic E-state index is 14.5. The zero-order chi connectivity index (χ0) is 36.5. The van der Waals surface area contributed by atoms with Crippen LogP contribution in [0.5, 0.6) is 5.75 Å². The minimum atomic E-state index is -3.51. The molecule has 2 aromatic rings. The number of nitrogens with one attached hydrogen (secondary N) is 1. The first-order valence-corrected chi connectivity index (χ1v) is 20.8. The van der Waals surface area contributed by atoms with Crippen molar-refractivity contribution in [2.75, 3.05) is 57.3 Å². The van der Waals surface area contributed by atoms with Crippen LogP contribution in [0, 0.1) is 17.8 Å². The summed E-state index contributed by atoms with van der Waals surface area (Å²) in [5.74, 6) is 0.0933. The van der Waals surface area contributed by atoms with Gasteiger partial charge in [0, 0.05) is 49.4 Å². The van der Waals surface area contributed by atoms with Crippen LogP contribution in [0.25, 0.3) is 0 Å². The molecule has 2 fully saturated rings. The van der Waals surface area contributed by atoms with Gasteiger partial charge in [0.25, 0.3) is 11.8 Å². The van der Waals surface area contributed by atoms with E-state index in [0.29, 0.717) is 62.2 Å². The van der Waals surface area contributed by atoms with Crippen LogP contribution in [0.1, 0.15) is 80.3 Å². The Morgan fingerprint density at radius 1 is 1.15 bits per heavy atom. The first-order chi connectivity index (χ1) is 25.0. The monoisotopic (exact) mass is 753 g/mol. The molecule has 1 spiro atoms. The van der Waals surface area contributed by atoms with E-state index in [-0.39, 0.29) is 29.8 Å². The Morgan fingerprint density at radius 2 is 1.98 bits per heavy atom. The SMILES string of the molecule is CO[C@H]1/C=C/C[C@H](C)CS(=O)(NC(=O)COC2(C)CCOCC2)=NC(=O)c2ccc3c(c2)N(C[C@@H]2CC[C@H]21)C[C@@]1(CCCc2cc(Cl)ccc21)CO3. The lowest BCUT2D eigenvalue weighted by molar-refractivity contribution is -0.138. The molecule has 5 aliphatic rings. The molecule has 1 saturated carbocycles. The van der Waals surface area contributed by atoms with E-state index < -0.39 is 27.3 Å². The summed E-state index contributed by atoms with van der Waals surface area (Å²) in [7, 11) is -1.75. The second kappa shape index (κ2) is 15.4. The van der Waals surface area contributed by atoms with Gasteiger partial charge >= 0.3 is 0 Å². The predicted molar refractivity (Wildman–Crippen MR) is 202 cm³/mol. The van der Waals surface area contributed by atoms with E-state index >= 15 is 0 Å². The van der Waals surface area contributed by atoms with Gasteiger partial charge in [0.1, 0.15) is 22.3 Å². The fourth-order valence-electron chi connectivity index (χ4n) is 8.76. The molecule has 1 saturated heterocycles. The normalized spacial score (nSPS) is 32.2. The second-order valence-electron chi connectivity index (χ2n) is 15.8. The van der Waals surface area contributed by atoms with Crippen molar-refractivity contribution >= 4 is 39.0 Å². The number of allylic oxidation sites excluding steroid dienone is 1. The number of fused-ring (bicyclic) bond motifs is 4. The summed E-state index contributed by atoms with van der Waals surface area (Å²) in [5, 5.41) is 0.741. The third-order valence-electron chi connectivity index (χ3n) is 11.9. The molecule has 3 aliphatic heterocycles. The van der Waals surface area contributed by atoms with E-state index in [1.54, 1.807) is 13.2 Å². The molecule has 0 aromatic heterocycles. The Balaban J connectivity index is 1.24. The Morgan fingerprint density at radius 3 is 2.75 bits per heavy atom. The molecule has 282 valence electrons. The summed E-state index contributed by atoms with van der Waals surface area (Å²) in [6, 6.07) is 11.6. The summed E-state index contributed by atoms with van der Waals surface area (Å²) in [6.45, 7) is 6.74. The van der Waals surface area contributed by atoms with Gasteiger partial charge < -0.3 is 23.8 Å². The minimum absolute atomic E-state index is 0.00968. The van der Waals surface area contributed by atoms with E-state index in [1.807, 2.05) is 32.0 Å². The van der Waals surface area contributed by atoms with Crippen LogP contribution >= 0.6 is 11.6 Å². The van der Waals surface area contributed by atoms with E-state index in [2.05, 4.69) is 38.3 Å². The molecule has 10 nitrogen and oxygen atoms in total. The maximum Gasteiger partial charge on any atom is 0.286 e. The molecule has 2 aromatic carbocycles. The standard InChI is InChI=1S/C40H52ClN3O7S/c1-27-6-4-8-35(48-3)32-12-9-30(32)22-44-25-40(15-5-7-28-20-31(41)11-13-33(28)40)26-50-36-14-10-29(21-34(36)44)38(46)43-52(47,24-27)42-37(45)23-51-39(2)16-18-49-19-17-39/h4,8,10-11,13-14,20-21,27,30,32,35H,5-7,9,12,15-19,22-26H2,1-3H3,(H,42,43,45,46,47)/b8-4+/t27-,30-,32+,35-,40-,52?/m0/s1. The average molecular weight is 754 g/mol. The fraction of sp³-hybridized carbons (Fsp3) is 0.600. The summed E-state index contributed by atoms with van der Waals surface area (Å²) in [5.41, 5.74) is 2.89. The molecule has 2 bridgehead atoms. The van der Waals surface area contributed by atoms with Crippen molar-refractivity contribution in [2.45, 2.75) is 82.3 Å². The van der Waals surface area contributed by atoms with Crippen molar-refractivity contribution in [3.05, 3.63) is 70.3 Å². The maximum atomic E-state index is 14.5. The highest BCUT2D eigenvalue weighted by Gasteiger charge is 2.44. The van der Waals surface area contributed by atoms with Crippen molar-refractivity contribution in [1.29, 1.82) is 0 Å². The number of hydrogen-bond donors (Lipinski definition) is 1. The highest BCUT2D eigenvalue weighted by molar-refractivity contribution is 7.92. The van der Waals surface area contributed by atoms with E-state index in [4.69, 9.17) is 30.5 Å². The Kier molecular flexibility index (Phi) is 11.1. The lowest BCUT2D eigenvalue weighted by Crippen LogP contribution is -2.49. The largest absolute Gasteiger partial charge is 0.490 e. The highest BCUT2D eigenvalue weighted by atomic mass is 35.5. The molecular formula is C40H52ClN3O7S. The van der Waals surface area contributed by atoms with Crippen molar-refractivity contribution in [2.24, 2.45) is 22.1 Å². The van der Waals surface area contributed by atoms with Crippen LogP contribution in [0.15, 0.2) is 52.9 Å². The Labute approximate surface area is 313 Å². The van der Waals surface area contributed by atoms with Gasteiger partial charge in [0.15, 0.2) is 0 Å². The number of methoxy groups -OCH3 is 1. The van der Waals surface area contributed by atoms with Crippen molar-refractivity contribution in [3.63, 3.8) is 0 Å². The predicted octanol–water partition coefficient (Wildman–Crippen LogP) is 6.68. The lowest BCUT2D eigenvalue weighted by atomic mass is 9.68. The number of aryl methyl sites for hydroxylation is 1. The van der Waals surface area contributed by atoms with Gasteiger partial charge in [-0.05, 0) is 118 Å². The number of benzene rings is 2. The number of nitrogens with zero attached hydrogens (tertiary/aromatic N) is 2. The Hall–Kier alpha value is -2.96. The van der Waals surface area contributed by atoms with E-state index in [1.165, 1.54) is 11.1 Å². The van der Waals surface area contributed by atoms with E-state index in [0.717, 1.165) is 55.9 Å². The van der Waals surface area contributed by atoms with Gasteiger partial charge in [-0.2, -0.15) is 0 Å². The van der Waals surface area contributed by atoms with Gasteiger partial charge in [0.2, 0.25) is 0 Å². The minimum Gasteiger partial charge on any atom is -0.490 e. The van der Waals surface area contributed by atoms with Crippen LogP contribution < -0.4 is 14.4 Å². The van der Waals surface area contributed by atoms with Gasteiger partial charge in [-0.3, -0.25) is 14.3 Å². The second-order valence-corrected chi connectivity index (χ2v) is 18.3. The molecule has 3 heterocycles. The first-order valence-electron chi connectivity index (χ1n) is 18.8. The number of anilines is 1. The van der Waals surface area contributed by atoms with Gasteiger partial charge in [-0.1, -0.05) is 36.7 Å². The number of halogens is 1. The van der Waals surface area contributed by atoms with Crippen LogP contribution in [0.4, 0.5) is 5.69 Å². The number of carbonyl (C=O) groups excluding carboxylic acids is 2. The molecule has 2 aliphatic carbocycles. The third-order valence-corrected chi connectivity index (χ3v) is 14.2. The zero-order valence-electron chi connectivity index (χ0n) is 30.6. The molecule has 52 heavy (non-hydrogen) atoms. The number of hydrogen-bond acceptors (Lipinski definition) is 8. The molecule has 2 amide bonds. The summed E-state index contributed by atoms with van der Waals surface area (Å²) >= 11 is 6.46. The van der Waals surface area contributed by atoms with Crippen molar-refractivity contribution in [1.82, 2.24) is 4.72 Å². The number of rotatable bonds is 5. The summed E-state index contributed by atoms with van der Waals surface area (Å²) in [6.07, 6.45) is 11.2. The topological polar surface area (TPSA) is 116 Å². The molecule has 12 heteroatoms. The molecule has 7 rings (SSSR count). The van der Waals surface area contributed by atoms with Gasteiger partial charge in [-0.25, -0.2) is 4.21 Å². The van der Waals surface area contributed by atoms with Crippen LogP contribution in [0.2, 0.25) is 5.02 Å². The molecule has 6 atom stereocenters. The van der Waals surface area contributed by atoms with Crippen LogP contribution in [-0.4, -0.2) is 80.1 Å². The quantitative estimate of drug-likeness (QED) is 0.337. The lowest BCUT2D eigenvalue weighted by Gasteiger charge is -2.46. The van der Waals surface area contributed by atoms with Gasteiger partial charge in [-0.15, -0.1) is 4.36 Å². The smallest absolute Gasteiger partial charge is 0.286 e. The zero-order valence-corrected chi connectivity index (χ0v) is 32.1. The average Bonchev–Trinajstić information content (AvgIpc) is 3.25.